The van der Waals surface area contributed by atoms with Crippen molar-refractivity contribution in [2.45, 2.75) is 37.8 Å². The molecular weight excluding hydrogens is 215 g/mol. The van der Waals surface area contributed by atoms with Crippen molar-refractivity contribution in [3.63, 3.8) is 0 Å². The second-order valence-corrected chi connectivity index (χ2v) is 5.27. The van der Waals surface area contributed by atoms with Gasteiger partial charge in [-0.3, -0.25) is 4.90 Å². The molecule has 3 rings (SSSR count). The first-order valence-electron chi connectivity index (χ1n) is 6.52. The molecule has 1 saturated heterocycles. The lowest BCUT2D eigenvalue weighted by Gasteiger charge is -2.35. The third-order valence-electron chi connectivity index (χ3n) is 4.17. The minimum atomic E-state index is -0.107. The normalized spacial score (nSPS) is 26.1. The molecule has 0 spiro atoms. The molecule has 1 atom stereocenters. The Morgan fingerprint density at radius 2 is 1.94 bits per heavy atom. The summed E-state index contributed by atoms with van der Waals surface area (Å²) in [6.07, 6.45) is 4.36. The summed E-state index contributed by atoms with van der Waals surface area (Å²) >= 11 is 0. The van der Waals surface area contributed by atoms with Gasteiger partial charge < -0.3 is 5.73 Å². The molecule has 0 bridgehead atoms. The summed E-state index contributed by atoms with van der Waals surface area (Å²) in [5, 5.41) is 0. The van der Waals surface area contributed by atoms with Crippen molar-refractivity contribution in [1.29, 1.82) is 0 Å². The van der Waals surface area contributed by atoms with E-state index < -0.39 is 0 Å². The quantitative estimate of drug-likeness (QED) is 0.807. The Labute approximate surface area is 102 Å². The first-order valence-corrected chi connectivity index (χ1v) is 6.52. The molecule has 1 aromatic rings. The van der Waals surface area contributed by atoms with Crippen LogP contribution in [-0.4, -0.2) is 24.0 Å². The molecule has 2 aliphatic rings. The summed E-state index contributed by atoms with van der Waals surface area (Å²) in [6, 6.07) is 6.03. The molecule has 0 aromatic heterocycles. The van der Waals surface area contributed by atoms with Gasteiger partial charge in [-0.05, 0) is 48.9 Å². The van der Waals surface area contributed by atoms with Gasteiger partial charge in [0.25, 0.3) is 0 Å². The smallest absolute Gasteiger partial charge is 0.123 e. The fourth-order valence-corrected chi connectivity index (χ4v) is 3.16. The predicted molar refractivity (Wildman–Crippen MR) is 66.2 cm³/mol. The zero-order valence-electron chi connectivity index (χ0n) is 10.0. The number of halogens is 1. The Balaban J connectivity index is 1.81. The average Bonchev–Trinajstić information content (AvgIpc) is 2.73. The van der Waals surface area contributed by atoms with Crippen LogP contribution in [0.3, 0.4) is 0 Å². The van der Waals surface area contributed by atoms with Gasteiger partial charge in [-0.15, -0.1) is 0 Å². The van der Waals surface area contributed by atoms with Crippen LogP contribution < -0.4 is 5.73 Å². The molecule has 1 aliphatic carbocycles. The molecule has 3 heteroatoms. The van der Waals surface area contributed by atoms with E-state index >= 15 is 0 Å². The van der Waals surface area contributed by atoms with E-state index in [1.165, 1.54) is 11.1 Å². The number of rotatable bonds is 1. The maximum absolute atomic E-state index is 13.3. The van der Waals surface area contributed by atoms with E-state index in [1.807, 2.05) is 6.07 Å². The maximum atomic E-state index is 13.3. The van der Waals surface area contributed by atoms with Crippen molar-refractivity contribution in [2.75, 3.05) is 13.1 Å². The van der Waals surface area contributed by atoms with Crippen LogP contribution >= 0.6 is 0 Å². The highest BCUT2D eigenvalue weighted by Gasteiger charge is 2.30. The van der Waals surface area contributed by atoms with Crippen LogP contribution in [0.2, 0.25) is 0 Å². The van der Waals surface area contributed by atoms with E-state index in [1.54, 1.807) is 12.1 Å². The number of hydrogen-bond donors (Lipinski definition) is 1. The van der Waals surface area contributed by atoms with Crippen LogP contribution in [0, 0.1) is 5.82 Å². The van der Waals surface area contributed by atoms with E-state index in [9.17, 15) is 4.39 Å². The highest BCUT2D eigenvalue weighted by molar-refractivity contribution is 5.35. The number of nitrogens with two attached hydrogens (primary N) is 1. The van der Waals surface area contributed by atoms with E-state index in [2.05, 4.69) is 4.90 Å². The Kier molecular flexibility index (Phi) is 2.89. The monoisotopic (exact) mass is 234 g/mol. The second-order valence-electron chi connectivity index (χ2n) is 5.27. The lowest BCUT2D eigenvalue weighted by Crippen LogP contribution is -2.41. The minimum absolute atomic E-state index is 0.107. The van der Waals surface area contributed by atoms with Gasteiger partial charge in [-0.1, -0.05) is 6.07 Å². The van der Waals surface area contributed by atoms with Crippen LogP contribution in [0.25, 0.3) is 0 Å². The van der Waals surface area contributed by atoms with Gasteiger partial charge in [-0.25, -0.2) is 4.39 Å². The van der Waals surface area contributed by atoms with E-state index in [-0.39, 0.29) is 5.82 Å². The largest absolute Gasteiger partial charge is 0.328 e. The van der Waals surface area contributed by atoms with Crippen LogP contribution in [0.1, 0.15) is 36.4 Å². The zero-order chi connectivity index (χ0) is 11.8. The summed E-state index contributed by atoms with van der Waals surface area (Å²) in [7, 11) is 0. The SMILES string of the molecule is NC1CCN([C@@H]2CCc3ccc(F)cc32)CC1. The maximum Gasteiger partial charge on any atom is 0.123 e. The molecule has 0 radical (unpaired) electrons. The highest BCUT2D eigenvalue weighted by atomic mass is 19.1. The molecule has 17 heavy (non-hydrogen) atoms. The second kappa shape index (κ2) is 4.39. The number of fused-ring (bicyclic) bond motifs is 1. The number of piperidine rings is 1. The van der Waals surface area contributed by atoms with E-state index in [0.717, 1.165) is 38.8 Å². The van der Waals surface area contributed by atoms with Gasteiger partial charge in [0.2, 0.25) is 0 Å². The number of likely N-dealkylation sites (tertiary alicyclic amines) is 1. The van der Waals surface area contributed by atoms with Crippen LogP contribution in [-0.2, 0) is 6.42 Å². The molecular formula is C14H19FN2. The molecule has 0 amide bonds. The van der Waals surface area contributed by atoms with Crippen molar-refractivity contribution in [1.82, 2.24) is 4.90 Å². The molecule has 92 valence electrons. The van der Waals surface area contributed by atoms with Crippen molar-refractivity contribution in [3.05, 3.63) is 35.1 Å². The highest BCUT2D eigenvalue weighted by Crippen LogP contribution is 2.37. The standard InChI is InChI=1S/C14H19FN2/c15-11-3-1-10-2-4-14(13(10)9-11)17-7-5-12(16)6-8-17/h1,3,9,12,14H,2,4-8,16H2/t14-/m1/s1. The van der Waals surface area contributed by atoms with Gasteiger partial charge in [0.15, 0.2) is 0 Å². The van der Waals surface area contributed by atoms with Gasteiger partial charge in [0, 0.05) is 25.2 Å². The van der Waals surface area contributed by atoms with Crippen molar-refractivity contribution < 1.29 is 4.39 Å². The summed E-state index contributed by atoms with van der Waals surface area (Å²) in [4.78, 5) is 2.48. The van der Waals surface area contributed by atoms with E-state index in [0.29, 0.717) is 12.1 Å². The Morgan fingerprint density at radius 3 is 2.71 bits per heavy atom. The van der Waals surface area contributed by atoms with Gasteiger partial charge >= 0.3 is 0 Å². The number of benzene rings is 1. The van der Waals surface area contributed by atoms with Gasteiger partial charge in [0.1, 0.15) is 5.82 Å². The zero-order valence-corrected chi connectivity index (χ0v) is 10.0. The Bertz CT molecular complexity index is 411. The minimum Gasteiger partial charge on any atom is -0.328 e. The Hall–Kier alpha value is -0.930. The summed E-state index contributed by atoms with van der Waals surface area (Å²) in [5.41, 5.74) is 8.46. The summed E-state index contributed by atoms with van der Waals surface area (Å²) < 4.78 is 13.3. The third-order valence-corrected chi connectivity index (χ3v) is 4.17. The topological polar surface area (TPSA) is 29.3 Å². The van der Waals surface area contributed by atoms with Crippen molar-refractivity contribution >= 4 is 0 Å². The molecule has 0 unspecified atom stereocenters. The van der Waals surface area contributed by atoms with Crippen molar-refractivity contribution in [3.8, 4) is 0 Å². The van der Waals surface area contributed by atoms with Crippen LogP contribution in [0.4, 0.5) is 4.39 Å². The molecule has 1 aliphatic heterocycles. The summed E-state index contributed by atoms with van der Waals surface area (Å²) in [6.45, 7) is 2.11. The van der Waals surface area contributed by atoms with Gasteiger partial charge in [-0.2, -0.15) is 0 Å². The predicted octanol–water partition coefficient (Wildman–Crippen LogP) is 2.24. The van der Waals surface area contributed by atoms with Crippen molar-refractivity contribution in [2.24, 2.45) is 5.73 Å². The lowest BCUT2D eigenvalue weighted by molar-refractivity contribution is 0.152. The fourth-order valence-electron chi connectivity index (χ4n) is 3.16. The first-order chi connectivity index (χ1) is 8.24. The number of hydrogen-bond acceptors (Lipinski definition) is 2. The lowest BCUT2D eigenvalue weighted by atomic mass is 10.0. The Morgan fingerprint density at radius 1 is 1.18 bits per heavy atom. The fraction of sp³-hybridized carbons (Fsp3) is 0.571. The molecule has 1 aromatic carbocycles. The number of aryl methyl sites for hydroxylation is 1. The van der Waals surface area contributed by atoms with E-state index in [4.69, 9.17) is 5.73 Å². The van der Waals surface area contributed by atoms with Crippen LogP contribution in [0.15, 0.2) is 18.2 Å². The number of nitrogens with zero attached hydrogens (tertiary/aromatic N) is 1. The molecule has 1 fully saturated rings. The molecule has 2 nitrogen and oxygen atoms in total. The third kappa shape index (κ3) is 2.09. The van der Waals surface area contributed by atoms with Gasteiger partial charge in [0.05, 0.1) is 0 Å². The molecule has 2 N–H and O–H groups in total. The molecule has 0 saturated carbocycles. The first kappa shape index (κ1) is 11.2. The summed E-state index contributed by atoms with van der Waals surface area (Å²) in [5.74, 6) is -0.107. The molecule has 1 heterocycles. The van der Waals surface area contributed by atoms with Crippen LogP contribution in [0.5, 0.6) is 0 Å². The average molecular weight is 234 g/mol.